The van der Waals surface area contributed by atoms with Crippen LogP contribution in [0.1, 0.15) is 36.2 Å². The number of anilines is 1. The fraction of sp³-hybridized carbons (Fsp3) is 0.263. The molecule has 2 rings (SSSR count). The number of halogens is 1. The van der Waals surface area contributed by atoms with E-state index in [4.69, 9.17) is 5.73 Å². The highest BCUT2D eigenvalue weighted by Crippen LogP contribution is 2.24. The van der Waals surface area contributed by atoms with Gasteiger partial charge in [0.15, 0.2) is 5.78 Å². The lowest BCUT2D eigenvalue weighted by atomic mass is 9.98. The van der Waals surface area contributed by atoms with E-state index in [9.17, 15) is 9.59 Å². The molecule has 0 saturated carbocycles. The lowest BCUT2D eigenvalue weighted by Crippen LogP contribution is -2.40. The summed E-state index contributed by atoms with van der Waals surface area (Å²) in [5.74, 6) is -0.369. The number of amides is 1. The van der Waals surface area contributed by atoms with Crippen LogP contribution in [0.15, 0.2) is 53.0 Å². The molecule has 24 heavy (non-hydrogen) atoms. The molecule has 1 amide bonds. The van der Waals surface area contributed by atoms with Gasteiger partial charge in [-0.2, -0.15) is 0 Å². The average molecular weight is 389 g/mol. The Labute approximate surface area is 150 Å². The molecule has 0 heterocycles. The van der Waals surface area contributed by atoms with E-state index in [1.165, 1.54) is 0 Å². The van der Waals surface area contributed by atoms with E-state index in [1.54, 1.807) is 30.3 Å². The van der Waals surface area contributed by atoms with Gasteiger partial charge in [0.05, 0.1) is 11.7 Å². The number of carbonyl (C=O) groups excluding carboxylic acids is 2. The maximum absolute atomic E-state index is 12.8. The van der Waals surface area contributed by atoms with Gasteiger partial charge in [-0.1, -0.05) is 66.5 Å². The zero-order valence-electron chi connectivity index (χ0n) is 13.8. The number of nitrogens with two attached hydrogens (primary N) is 1. The highest BCUT2D eigenvalue weighted by Gasteiger charge is 2.22. The summed E-state index contributed by atoms with van der Waals surface area (Å²) in [6.07, 6.45) is 0.810. The lowest BCUT2D eigenvalue weighted by Gasteiger charge is -2.19. The second-order valence-corrected chi connectivity index (χ2v) is 6.70. The van der Waals surface area contributed by atoms with Crippen LogP contribution in [0, 0.1) is 5.92 Å². The standard InChI is InChI=1S/C19H21BrN2O2/c1-3-12(2)17(21)19(24)22-16-10-9-14(20)11-15(16)18(23)13-7-5-4-6-8-13/h4-12,17H,3,21H2,1-2H3,(H,22,24). The summed E-state index contributed by atoms with van der Waals surface area (Å²) in [6, 6.07) is 13.6. The maximum atomic E-state index is 12.8. The van der Waals surface area contributed by atoms with E-state index >= 15 is 0 Å². The number of hydrogen-bond acceptors (Lipinski definition) is 3. The van der Waals surface area contributed by atoms with Crippen molar-refractivity contribution < 1.29 is 9.59 Å². The summed E-state index contributed by atoms with van der Waals surface area (Å²) in [5, 5.41) is 2.80. The highest BCUT2D eigenvalue weighted by molar-refractivity contribution is 9.10. The molecule has 2 atom stereocenters. The molecule has 0 radical (unpaired) electrons. The molecule has 5 heteroatoms. The molecule has 2 aromatic rings. The molecule has 0 spiro atoms. The molecule has 0 aromatic heterocycles. The minimum atomic E-state index is -0.613. The normalized spacial score (nSPS) is 13.2. The van der Waals surface area contributed by atoms with Gasteiger partial charge >= 0.3 is 0 Å². The van der Waals surface area contributed by atoms with Gasteiger partial charge in [-0.15, -0.1) is 0 Å². The predicted molar refractivity (Wildman–Crippen MR) is 100 cm³/mol. The summed E-state index contributed by atoms with van der Waals surface area (Å²) >= 11 is 3.38. The number of carbonyl (C=O) groups is 2. The first-order chi connectivity index (χ1) is 11.4. The van der Waals surface area contributed by atoms with Crippen molar-refractivity contribution in [2.75, 3.05) is 5.32 Å². The number of rotatable bonds is 6. The topological polar surface area (TPSA) is 72.2 Å². The van der Waals surface area contributed by atoms with Crippen molar-refractivity contribution in [2.45, 2.75) is 26.3 Å². The van der Waals surface area contributed by atoms with Gasteiger partial charge in [0.1, 0.15) is 0 Å². The SMILES string of the molecule is CCC(C)C(N)C(=O)Nc1ccc(Br)cc1C(=O)c1ccccc1. The summed E-state index contributed by atoms with van der Waals surface area (Å²) in [4.78, 5) is 25.1. The molecule has 2 aromatic carbocycles. The Balaban J connectivity index is 2.32. The van der Waals surface area contributed by atoms with Crippen molar-refractivity contribution in [3.63, 3.8) is 0 Å². The Bertz CT molecular complexity index is 731. The van der Waals surface area contributed by atoms with E-state index in [0.29, 0.717) is 16.8 Å². The van der Waals surface area contributed by atoms with Gasteiger partial charge in [-0.25, -0.2) is 0 Å². The van der Waals surface area contributed by atoms with E-state index in [2.05, 4.69) is 21.2 Å². The van der Waals surface area contributed by atoms with E-state index in [-0.39, 0.29) is 17.6 Å². The Kier molecular flexibility index (Phi) is 6.29. The van der Waals surface area contributed by atoms with Crippen LogP contribution in [0.4, 0.5) is 5.69 Å². The summed E-state index contributed by atoms with van der Waals surface area (Å²) < 4.78 is 0.769. The Morgan fingerprint density at radius 1 is 1.17 bits per heavy atom. The second kappa shape index (κ2) is 8.22. The van der Waals surface area contributed by atoms with Crippen LogP contribution >= 0.6 is 15.9 Å². The molecule has 126 valence electrons. The number of ketones is 1. The molecule has 0 aliphatic heterocycles. The molecule has 4 nitrogen and oxygen atoms in total. The molecular weight excluding hydrogens is 368 g/mol. The summed E-state index contributed by atoms with van der Waals surface area (Å²) in [5.41, 5.74) is 7.45. The molecule has 3 N–H and O–H groups in total. The zero-order chi connectivity index (χ0) is 17.7. The quantitative estimate of drug-likeness (QED) is 0.734. The Hall–Kier alpha value is -1.98. The maximum Gasteiger partial charge on any atom is 0.241 e. The molecule has 0 aliphatic carbocycles. The van der Waals surface area contributed by atoms with Crippen molar-refractivity contribution in [1.29, 1.82) is 0 Å². The fourth-order valence-corrected chi connectivity index (χ4v) is 2.65. The van der Waals surface area contributed by atoms with Gasteiger partial charge in [0.2, 0.25) is 5.91 Å². The van der Waals surface area contributed by atoms with Gasteiger partial charge in [-0.3, -0.25) is 9.59 Å². The second-order valence-electron chi connectivity index (χ2n) is 5.79. The molecule has 2 unspecified atom stereocenters. The van der Waals surface area contributed by atoms with E-state index in [0.717, 1.165) is 10.9 Å². The third-order valence-corrected chi connectivity index (χ3v) is 4.57. The van der Waals surface area contributed by atoms with Crippen molar-refractivity contribution in [3.8, 4) is 0 Å². The predicted octanol–water partition coefficient (Wildman–Crippen LogP) is 3.99. The molecule has 0 saturated heterocycles. The molecule has 0 aliphatic rings. The largest absolute Gasteiger partial charge is 0.324 e. The average Bonchev–Trinajstić information content (AvgIpc) is 2.61. The van der Waals surface area contributed by atoms with Crippen LogP contribution in [-0.2, 0) is 4.79 Å². The third kappa shape index (κ3) is 4.30. The van der Waals surface area contributed by atoms with Crippen molar-refractivity contribution >= 4 is 33.3 Å². The van der Waals surface area contributed by atoms with Gasteiger partial charge in [0, 0.05) is 15.6 Å². The number of hydrogen-bond donors (Lipinski definition) is 2. The van der Waals surface area contributed by atoms with Crippen LogP contribution < -0.4 is 11.1 Å². The van der Waals surface area contributed by atoms with Crippen molar-refractivity contribution in [2.24, 2.45) is 11.7 Å². The first kappa shape index (κ1) is 18.4. The number of benzene rings is 2. The van der Waals surface area contributed by atoms with E-state index < -0.39 is 6.04 Å². The molecule has 0 fully saturated rings. The van der Waals surface area contributed by atoms with Gasteiger partial charge in [0.25, 0.3) is 0 Å². The molecule has 0 bridgehead atoms. The number of nitrogens with one attached hydrogen (secondary N) is 1. The van der Waals surface area contributed by atoms with Crippen LogP contribution in [0.5, 0.6) is 0 Å². The monoisotopic (exact) mass is 388 g/mol. The minimum Gasteiger partial charge on any atom is -0.324 e. The summed E-state index contributed by atoms with van der Waals surface area (Å²) in [6.45, 7) is 3.92. The lowest BCUT2D eigenvalue weighted by molar-refractivity contribution is -0.118. The Morgan fingerprint density at radius 3 is 2.46 bits per heavy atom. The fourth-order valence-electron chi connectivity index (χ4n) is 2.29. The van der Waals surface area contributed by atoms with E-state index in [1.807, 2.05) is 32.0 Å². The Morgan fingerprint density at radius 2 is 1.83 bits per heavy atom. The summed E-state index contributed by atoms with van der Waals surface area (Å²) in [7, 11) is 0. The van der Waals surface area contributed by atoms with Gasteiger partial charge < -0.3 is 11.1 Å². The van der Waals surface area contributed by atoms with Crippen molar-refractivity contribution in [3.05, 3.63) is 64.1 Å². The first-order valence-electron chi connectivity index (χ1n) is 7.89. The minimum absolute atomic E-state index is 0.0636. The van der Waals surface area contributed by atoms with Crippen LogP contribution in [-0.4, -0.2) is 17.7 Å². The van der Waals surface area contributed by atoms with Crippen LogP contribution in [0.25, 0.3) is 0 Å². The first-order valence-corrected chi connectivity index (χ1v) is 8.69. The zero-order valence-corrected chi connectivity index (χ0v) is 15.3. The molecular formula is C19H21BrN2O2. The van der Waals surface area contributed by atoms with Crippen molar-refractivity contribution in [1.82, 2.24) is 0 Å². The van der Waals surface area contributed by atoms with Crippen LogP contribution in [0.3, 0.4) is 0 Å². The van der Waals surface area contributed by atoms with Crippen LogP contribution in [0.2, 0.25) is 0 Å². The third-order valence-electron chi connectivity index (χ3n) is 4.08. The highest BCUT2D eigenvalue weighted by atomic mass is 79.9. The van der Waals surface area contributed by atoms with Gasteiger partial charge in [-0.05, 0) is 24.1 Å². The smallest absolute Gasteiger partial charge is 0.241 e.